The van der Waals surface area contributed by atoms with E-state index in [4.69, 9.17) is 0 Å². The number of azo groups is 1. The smallest absolute Gasteiger partial charge is 0.330 e. The summed E-state index contributed by atoms with van der Waals surface area (Å²) in [6.45, 7) is 10.9. The van der Waals surface area contributed by atoms with Gasteiger partial charge in [0, 0.05) is 11.1 Å². The molecule has 0 unspecified atom stereocenters. The van der Waals surface area contributed by atoms with Crippen LogP contribution in [0, 0.1) is 0 Å². The van der Waals surface area contributed by atoms with Crippen molar-refractivity contribution in [2.24, 2.45) is 10.2 Å². The lowest BCUT2D eigenvalue weighted by atomic mass is 10.1. The second-order valence-corrected chi connectivity index (χ2v) is 5.56. The Morgan fingerprint density at radius 2 is 1.00 bits per heavy atom. The molecule has 0 saturated carbocycles. The molecule has 0 aliphatic rings. The van der Waals surface area contributed by atoms with Crippen molar-refractivity contribution in [2.75, 3.05) is 0 Å². The van der Waals surface area contributed by atoms with Crippen molar-refractivity contribution in [3.05, 3.63) is 0 Å². The van der Waals surface area contributed by atoms with Crippen LogP contribution in [-0.2, 0) is 0 Å². The monoisotopic (exact) mass is 228 g/mol. The molecule has 0 aromatic heterocycles. The fraction of sp³-hybridized carbons (Fsp3) is 0.800. The maximum atomic E-state index is 11.2. The van der Waals surface area contributed by atoms with Gasteiger partial charge in [-0.1, -0.05) is 10.2 Å². The maximum absolute atomic E-state index is 11.2. The largest absolute Gasteiger partial charge is 0.360 e. The Kier molecular flexibility index (Phi) is 4.59. The number of urea groups is 2. The van der Waals surface area contributed by atoms with Gasteiger partial charge in [-0.05, 0) is 41.5 Å². The third kappa shape index (κ3) is 9.11. The number of rotatable bonds is 0. The number of nitrogens with zero attached hydrogens (tertiary/aromatic N) is 2. The Bertz CT molecular complexity index is 267. The van der Waals surface area contributed by atoms with Gasteiger partial charge in [-0.2, -0.15) is 0 Å². The second-order valence-electron chi connectivity index (χ2n) is 5.56. The quantitative estimate of drug-likeness (QED) is 0.624. The summed E-state index contributed by atoms with van der Waals surface area (Å²) in [5.74, 6) is 0. The van der Waals surface area contributed by atoms with E-state index < -0.39 is 23.1 Å². The average Bonchev–Trinajstić information content (AvgIpc) is 1.94. The van der Waals surface area contributed by atoms with Crippen molar-refractivity contribution < 1.29 is 9.59 Å². The van der Waals surface area contributed by atoms with Crippen LogP contribution in [0.15, 0.2) is 10.2 Å². The molecule has 6 nitrogen and oxygen atoms in total. The van der Waals surface area contributed by atoms with Gasteiger partial charge in [-0.3, -0.25) is 0 Å². The Labute approximate surface area is 95.9 Å². The van der Waals surface area contributed by atoms with Crippen LogP contribution >= 0.6 is 0 Å². The molecule has 0 bridgehead atoms. The molecular weight excluding hydrogens is 208 g/mol. The first-order chi connectivity index (χ1) is 6.99. The molecule has 0 aliphatic heterocycles. The predicted octanol–water partition coefficient (Wildman–Crippen LogP) is 2.45. The minimum Gasteiger partial charge on any atom is -0.330 e. The molecule has 0 rings (SSSR count). The topological polar surface area (TPSA) is 82.9 Å². The van der Waals surface area contributed by atoms with Crippen LogP contribution in [0.2, 0.25) is 0 Å². The summed E-state index contributed by atoms with van der Waals surface area (Å²) < 4.78 is 0. The van der Waals surface area contributed by atoms with Crippen molar-refractivity contribution >= 4 is 12.1 Å². The molecule has 92 valence electrons. The highest BCUT2D eigenvalue weighted by molar-refractivity contribution is 5.80. The first-order valence-corrected chi connectivity index (χ1v) is 5.06. The highest BCUT2D eigenvalue weighted by atomic mass is 16.2. The van der Waals surface area contributed by atoms with Gasteiger partial charge < -0.3 is 10.6 Å². The molecule has 0 aromatic rings. The minimum atomic E-state index is -0.628. The Hall–Kier alpha value is -1.46. The van der Waals surface area contributed by atoms with E-state index >= 15 is 0 Å². The van der Waals surface area contributed by atoms with Crippen LogP contribution in [0.3, 0.4) is 0 Å². The first kappa shape index (κ1) is 14.5. The fourth-order valence-corrected chi connectivity index (χ4v) is 0.782. The minimum absolute atomic E-state index is 0.392. The molecule has 16 heavy (non-hydrogen) atoms. The van der Waals surface area contributed by atoms with Crippen LogP contribution < -0.4 is 10.6 Å². The van der Waals surface area contributed by atoms with Crippen molar-refractivity contribution in [1.82, 2.24) is 10.6 Å². The zero-order valence-corrected chi connectivity index (χ0v) is 10.7. The molecule has 0 aromatic carbocycles. The molecule has 0 fully saturated rings. The van der Waals surface area contributed by atoms with E-state index in [1.54, 1.807) is 0 Å². The lowest BCUT2D eigenvalue weighted by molar-refractivity contribution is 0.232. The highest BCUT2D eigenvalue weighted by Gasteiger charge is 2.15. The Balaban J connectivity index is 4.20. The molecule has 0 spiro atoms. The molecule has 0 atom stereocenters. The number of amides is 4. The van der Waals surface area contributed by atoms with E-state index in [-0.39, 0.29) is 0 Å². The highest BCUT2D eigenvalue weighted by Crippen LogP contribution is 2.00. The van der Waals surface area contributed by atoms with Crippen molar-refractivity contribution in [3.8, 4) is 0 Å². The summed E-state index contributed by atoms with van der Waals surface area (Å²) in [5.41, 5.74) is -0.785. The number of carbonyl (C=O) groups excluding carboxylic acids is 2. The Morgan fingerprint density at radius 1 is 0.750 bits per heavy atom. The third-order valence-corrected chi connectivity index (χ3v) is 1.20. The van der Waals surface area contributed by atoms with E-state index in [0.717, 1.165) is 0 Å². The standard InChI is InChI=1S/C10H20N4O2/c1-9(2,3)11-7(15)13-14-8(16)12-10(4,5)6/h1-6H3,(H,11,15)(H,12,16). The van der Waals surface area contributed by atoms with Gasteiger partial charge in [0.05, 0.1) is 0 Å². The molecule has 0 aliphatic carbocycles. The summed E-state index contributed by atoms with van der Waals surface area (Å²) >= 11 is 0. The maximum Gasteiger partial charge on any atom is 0.360 e. The van der Waals surface area contributed by atoms with Gasteiger partial charge in [-0.25, -0.2) is 9.59 Å². The van der Waals surface area contributed by atoms with Crippen LogP contribution in [0.1, 0.15) is 41.5 Å². The lowest BCUT2D eigenvalue weighted by Crippen LogP contribution is -2.40. The van der Waals surface area contributed by atoms with Crippen molar-refractivity contribution in [2.45, 2.75) is 52.6 Å². The SMILES string of the molecule is CC(C)(C)NC(=O)N=NC(=O)NC(C)(C)C. The lowest BCUT2D eigenvalue weighted by Gasteiger charge is -2.18. The van der Waals surface area contributed by atoms with Gasteiger partial charge in [-0.15, -0.1) is 0 Å². The summed E-state index contributed by atoms with van der Waals surface area (Å²) in [5, 5.41) is 11.6. The summed E-state index contributed by atoms with van der Waals surface area (Å²) in [6, 6.07) is -1.26. The van der Waals surface area contributed by atoms with E-state index in [0.29, 0.717) is 0 Å². The molecule has 0 heterocycles. The van der Waals surface area contributed by atoms with E-state index in [9.17, 15) is 9.59 Å². The van der Waals surface area contributed by atoms with Gasteiger partial charge in [0.25, 0.3) is 0 Å². The molecule has 4 amide bonds. The average molecular weight is 228 g/mol. The molecule has 2 N–H and O–H groups in total. The summed E-state index contributed by atoms with van der Waals surface area (Å²) in [6.07, 6.45) is 0. The first-order valence-electron chi connectivity index (χ1n) is 5.06. The number of carbonyl (C=O) groups is 2. The van der Waals surface area contributed by atoms with Gasteiger partial charge in [0.15, 0.2) is 0 Å². The second kappa shape index (κ2) is 5.05. The third-order valence-electron chi connectivity index (χ3n) is 1.20. The van der Waals surface area contributed by atoms with E-state index in [2.05, 4.69) is 20.9 Å². The van der Waals surface area contributed by atoms with Crippen molar-refractivity contribution in [1.29, 1.82) is 0 Å². The number of hydrogen-bond donors (Lipinski definition) is 2. The number of hydrogen-bond acceptors (Lipinski definition) is 2. The fourth-order valence-electron chi connectivity index (χ4n) is 0.782. The van der Waals surface area contributed by atoms with Gasteiger partial charge in [0.1, 0.15) is 0 Å². The summed E-state index contributed by atoms with van der Waals surface area (Å²) in [4.78, 5) is 22.4. The van der Waals surface area contributed by atoms with E-state index in [1.165, 1.54) is 0 Å². The van der Waals surface area contributed by atoms with E-state index in [1.807, 2.05) is 41.5 Å². The number of nitrogens with one attached hydrogen (secondary N) is 2. The Morgan fingerprint density at radius 3 is 1.19 bits per heavy atom. The molecule has 0 saturated heterocycles. The van der Waals surface area contributed by atoms with Crippen LogP contribution in [0.25, 0.3) is 0 Å². The van der Waals surface area contributed by atoms with Gasteiger partial charge >= 0.3 is 12.1 Å². The predicted molar refractivity (Wildman–Crippen MR) is 61.4 cm³/mol. The summed E-state index contributed by atoms with van der Waals surface area (Å²) in [7, 11) is 0. The van der Waals surface area contributed by atoms with Gasteiger partial charge in [0.2, 0.25) is 0 Å². The molecular formula is C10H20N4O2. The normalized spacial score (nSPS) is 12.6. The van der Waals surface area contributed by atoms with Crippen LogP contribution in [0.5, 0.6) is 0 Å². The zero-order chi connectivity index (χ0) is 13.0. The molecule has 0 radical (unpaired) electrons. The van der Waals surface area contributed by atoms with Crippen LogP contribution in [-0.4, -0.2) is 23.1 Å². The van der Waals surface area contributed by atoms with Crippen molar-refractivity contribution in [3.63, 3.8) is 0 Å². The van der Waals surface area contributed by atoms with Crippen LogP contribution in [0.4, 0.5) is 9.59 Å². The molecule has 6 heteroatoms. The zero-order valence-electron chi connectivity index (χ0n) is 10.7.